The largest absolute Gasteiger partial charge is 0.447 e. The van der Waals surface area contributed by atoms with Gasteiger partial charge in [-0.1, -0.05) is 41.5 Å². The summed E-state index contributed by atoms with van der Waals surface area (Å²) in [6, 6.07) is 1.43. The molecule has 2 heterocycles. The first-order valence-corrected chi connectivity index (χ1v) is 12.9. The summed E-state index contributed by atoms with van der Waals surface area (Å²) < 4.78 is 16.2. The summed E-state index contributed by atoms with van der Waals surface area (Å²) in [6.07, 6.45) is 3.08. The van der Waals surface area contributed by atoms with Crippen molar-refractivity contribution in [3.63, 3.8) is 0 Å². The Bertz CT molecular complexity index is 822. The summed E-state index contributed by atoms with van der Waals surface area (Å²) >= 11 is 0. The molecule has 3 rings (SSSR count). The highest BCUT2D eigenvalue weighted by Gasteiger charge is 2.52. The van der Waals surface area contributed by atoms with Crippen LogP contribution in [-0.4, -0.2) is 73.7 Å². The van der Waals surface area contributed by atoms with E-state index in [4.69, 9.17) is 5.26 Å². The van der Waals surface area contributed by atoms with E-state index in [1.807, 2.05) is 6.07 Å². The number of nitriles is 1. The predicted molar refractivity (Wildman–Crippen MR) is 137 cm³/mol. The van der Waals surface area contributed by atoms with Gasteiger partial charge in [-0.05, 0) is 42.9 Å². The fourth-order valence-corrected chi connectivity index (χ4v) is 4.10. The Labute approximate surface area is 220 Å². The lowest BCUT2D eigenvalue weighted by molar-refractivity contribution is -0.129. The van der Waals surface area contributed by atoms with Crippen molar-refractivity contribution in [1.29, 1.82) is 5.26 Å². The van der Waals surface area contributed by atoms with Gasteiger partial charge in [-0.2, -0.15) is 5.26 Å². The van der Waals surface area contributed by atoms with Gasteiger partial charge < -0.3 is 25.6 Å². The summed E-state index contributed by atoms with van der Waals surface area (Å²) in [4.78, 5) is 46.4. The lowest BCUT2D eigenvalue weighted by atomic mass is 9.84. The molecular weight excluding hydrogens is 481 g/mol. The number of amides is 4. The van der Waals surface area contributed by atoms with Crippen molar-refractivity contribution < 1.29 is 28.3 Å². The second kappa shape index (κ2) is 14.7. The molecule has 210 valence electrons. The number of nitrogens with one attached hydrogen (secondary N) is 3. The zero-order valence-corrected chi connectivity index (χ0v) is 23.1. The normalized spacial score (nSPS) is 22.9. The molecular formula is C26H44FN5O5. The lowest BCUT2D eigenvalue weighted by Crippen LogP contribution is -2.40. The number of hydrogen-bond acceptors (Lipinski definition) is 6. The Morgan fingerprint density at radius 2 is 1.95 bits per heavy atom. The molecule has 11 heteroatoms. The molecule has 2 aliphatic heterocycles. The number of ether oxygens (including phenoxy) is 1. The standard InChI is InChI=1S/C12H21FN2O3.C10H13N3O2.C4H10/c1-9-7-15(8-12(9,2)3)10(16)6-14-11(17)18-5-4-13;11-5-8(12-6-14)3-7-4-10(1-2-10)13-9(7)15;1-4(2)3/h9H,4-8H2,1-3H3,(H,14,17);6-8H,1-4H2,(H,12,14)(H,13,15);4H,1-3H3. The molecule has 10 nitrogen and oxygen atoms in total. The van der Waals surface area contributed by atoms with Crippen molar-refractivity contribution in [1.82, 2.24) is 20.9 Å². The number of hydrogen-bond donors (Lipinski definition) is 3. The number of alkyl carbamates (subject to hydrolysis) is 1. The minimum Gasteiger partial charge on any atom is -0.447 e. The van der Waals surface area contributed by atoms with Crippen LogP contribution in [0.5, 0.6) is 0 Å². The van der Waals surface area contributed by atoms with Crippen LogP contribution in [0.3, 0.4) is 0 Å². The molecule has 3 aliphatic rings. The topological polar surface area (TPSA) is 141 Å². The molecule has 4 amide bonds. The van der Waals surface area contributed by atoms with E-state index >= 15 is 0 Å². The average molecular weight is 526 g/mol. The molecule has 0 bridgehead atoms. The summed E-state index contributed by atoms with van der Waals surface area (Å²) in [5.74, 6) is 1.04. The average Bonchev–Trinajstić information content (AvgIpc) is 3.41. The molecule has 0 aromatic heterocycles. The van der Waals surface area contributed by atoms with Crippen molar-refractivity contribution in [2.45, 2.75) is 78.8 Å². The van der Waals surface area contributed by atoms with E-state index in [0.29, 0.717) is 31.8 Å². The molecule has 0 aromatic carbocycles. The molecule has 3 fully saturated rings. The summed E-state index contributed by atoms with van der Waals surface area (Å²) in [6.45, 7) is 13.1. The third-order valence-electron chi connectivity index (χ3n) is 6.67. The Balaban J connectivity index is 0.000000327. The van der Waals surface area contributed by atoms with Gasteiger partial charge in [0.25, 0.3) is 0 Å². The van der Waals surface area contributed by atoms with E-state index in [0.717, 1.165) is 25.2 Å². The second-order valence-electron chi connectivity index (χ2n) is 11.4. The van der Waals surface area contributed by atoms with Crippen LogP contribution in [0.15, 0.2) is 0 Å². The summed E-state index contributed by atoms with van der Waals surface area (Å²) in [7, 11) is 0. The van der Waals surface area contributed by atoms with E-state index in [1.165, 1.54) is 0 Å². The molecule has 37 heavy (non-hydrogen) atoms. The summed E-state index contributed by atoms with van der Waals surface area (Å²) in [5, 5.41) is 16.4. The fourth-order valence-electron chi connectivity index (χ4n) is 4.10. The van der Waals surface area contributed by atoms with E-state index in [1.54, 1.807) is 4.90 Å². The highest BCUT2D eigenvalue weighted by atomic mass is 19.1. The van der Waals surface area contributed by atoms with Gasteiger partial charge >= 0.3 is 6.09 Å². The quantitative estimate of drug-likeness (QED) is 0.416. The predicted octanol–water partition coefficient (Wildman–Crippen LogP) is 2.53. The number of rotatable bonds is 8. The third kappa shape index (κ3) is 11.4. The van der Waals surface area contributed by atoms with Crippen molar-refractivity contribution in [2.75, 3.05) is 32.9 Å². The van der Waals surface area contributed by atoms with Crippen LogP contribution in [0.4, 0.5) is 9.18 Å². The van der Waals surface area contributed by atoms with Gasteiger partial charge in [0.05, 0.1) is 6.07 Å². The third-order valence-corrected chi connectivity index (χ3v) is 6.67. The monoisotopic (exact) mass is 525 g/mol. The molecule has 1 spiro atoms. The molecule has 3 atom stereocenters. The number of nitrogens with zero attached hydrogens (tertiary/aromatic N) is 2. The molecule has 3 unspecified atom stereocenters. The number of alkyl halides is 1. The van der Waals surface area contributed by atoms with E-state index < -0.39 is 18.8 Å². The minimum absolute atomic E-state index is 0.0282. The maximum atomic E-state index is 11.8. The maximum Gasteiger partial charge on any atom is 0.407 e. The zero-order chi connectivity index (χ0) is 28.2. The highest BCUT2D eigenvalue weighted by molar-refractivity contribution is 5.83. The molecule has 0 radical (unpaired) electrons. The first-order valence-electron chi connectivity index (χ1n) is 12.9. The van der Waals surface area contributed by atoms with Gasteiger partial charge in [-0.25, -0.2) is 9.18 Å². The smallest absolute Gasteiger partial charge is 0.407 e. The Hall–Kier alpha value is -2.90. The van der Waals surface area contributed by atoms with E-state index in [9.17, 15) is 23.6 Å². The minimum atomic E-state index is -0.757. The zero-order valence-electron chi connectivity index (χ0n) is 23.1. The van der Waals surface area contributed by atoms with Crippen LogP contribution < -0.4 is 16.0 Å². The van der Waals surface area contributed by atoms with Crippen LogP contribution >= 0.6 is 0 Å². The molecule has 3 N–H and O–H groups in total. The summed E-state index contributed by atoms with van der Waals surface area (Å²) in [5.41, 5.74) is 0.146. The van der Waals surface area contributed by atoms with Crippen molar-refractivity contribution in [2.24, 2.45) is 23.2 Å². The lowest BCUT2D eigenvalue weighted by Gasteiger charge is -2.22. The molecule has 1 aliphatic carbocycles. The Morgan fingerprint density at radius 3 is 2.38 bits per heavy atom. The number of likely N-dealkylation sites (tertiary alicyclic amines) is 1. The molecule has 1 saturated carbocycles. The van der Waals surface area contributed by atoms with Crippen molar-refractivity contribution >= 4 is 24.3 Å². The van der Waals surface area contributed by atoms with Gasteiger partial charge in [0, 0.05) is 24.5 Å². The van der Waals surface area contributed by atoms with Crippen LogP contribution in [-0.2, 0) is 19.1 Å². The van der Waals surface area contributed by atoms with Gasteiger partial charge in [0.15, 0.2) is 0 Å². The van der Waals surface area contributed by atoms with Gasteiger partial charge in [0.1, 0.15) is 25.9 Å². The van der Waals surface area contributed by atoms with Crippen molar-refractivity contribution in [3.8, 4) is 6.07 Å². The second-order valence-corrected chi connectivity index (χ2v) is 11.4. The van der Waals surface area contributed by atoms with Gasteiger partial charge in [0.2, 0.25) is 18.2 Å². The number of halogens is 1. The number of carbonyl (C=O) groups is 4. The van der Waals surface area contributed by atoms with E-state index in [2.05, 4.69) is 62.2 Å². The maximum absolute atomic E-state index is 11.8. The fraction of sp³-hybridized carbons (Fsp3) is 0.808. The molecule has 0 aromatic rings. The van der Waals surface area contributed by atoms with Crippen molar-refractivity contribution in [3.05, 3.63) is 0 Å². The Kier molecular flexibility index (Phi) is 12.8. The van der Waals surface area contributed by atoms with Gasteiger partial charge in [-0.15, -0.1) is 0 Å². The first-order chi connectivity index (χ1) is 17.3. The molecule has 2 saturated heterocycles. The van der Waals surface area contributed by atoms with E-state index in [-0.39, 0.29) is 41.8 Å². The van der Waals surface area contributed by atoms with Crippen LogP contribution in [0.25, 0.3) is 0 Å². The van der Waals surface area contributed by atoms with Crippen LogP contribution in [0.1, 0.15) is 67.2 Å². The van der Waals surface area contributed by atoms with Gasteiger partial charge in [-0.3, -0.25) is 14.4 Å². The van der Waals surface area contributed by atoms with Crippen LogP contribution in [0, 0.1) is 34.5 Å². The highest BCUT2D eigenvalue weighted by Crippen LogP contribution is 2.46. The number of carbonyl (C=O) groups excluding carboxylic acids is 4. The first kappa shape index (κ1) is 32.1. The van der Waals surface area contributed by atoms with Crippen LogP contribution in [0.2, 0.25) is 0 Å². The Morgan fingerprint density at radius 1 is 1.32 bits per heavy atom. The SMILES string of the molecule is CC(C)C.CC1CN(C(=O)CNC(=O)OCCF)CC1(C)C.N#CC(CC1CC2(CC2)NC1=O)NC=O.